The summed E-state index contributed by atoms with van der Waals surface area (Å²) in [6.07, 6.45) is 6.08. The van der Waals surface area contributed by atoms with Crippen molar-refractivity contribution in [3.05, 3.63) is 23.9 Å². The maximum absolute atomic E-state index is 12.9. The van der Waals surface area contributed by atoms with Crippen molar-refractivity contribution < 1.29 is 14.3 Å². The van der Waals surface area contributed by atoms with Gasteiger partial charge in [-0.1, -0.05) is 19.4 Å². The van der Waals surface area contributed by atoms with Crippen molar-refractivity contribution in [1.82, 2.24) is 9.88 Å². The van der Waals surface area contributed by atoms with Gasteiger partial charge in [0.1, 0.15) is 11.4 Å². The molecule has 0 saturated carbocycles. The fourth-order valence-electron chi connectivity index (χ4n) is 3.44. The standard InChI is InChI=1S/C21H33N3O3/c1-6-7-14-24(20(26)27-21(3,4)5)19-17(11-10-13-22-19)18-12-8-9-15-23(18)16(2)25/h10-11,13,18H,6-9,12,14-15H2,1-5H3/t18-/m1/s1. The average molecular weight is 376 g/mol. The summed E-state index contributed by atoms with van der Waals surface area (Å²) in [5.74, 6) is 0.672. The molecule has 1 aliphatic rings. The number of ether oxygens (including phenoxy) is 1. The van der Waals surface area contributed by atoms with E-state index in [0.29, 0.717) is 12.4 Å². The molecule has 1 fully saturated rings. The van der Waals surface area contributed by atoms with Crippen molar-refractivity contribution in [1.29, 1.82) is 0 Å². The van der Waals surface area contributed by atoms with Crippen LogP contribution in [0.4, 0.5) is 10.6 Å². The lowest BCUT2D eigenvalue weighted by molar-refractivity contribution is -0.132. The van der Waals surface area contributed by atoms with Crippen LogP contribution >= 0.6 is 0 Å². The zero-order chi connectivity index (χ0) is 20.0. The van der Waals surface area contributed by atoms with Crippen LogP contribution in [0.25, 0.3) is 0 Å². The van der Waals surface area contributed by atoms with Crippen LogP contribution in [0.2, 0.25) is 0 Å². The summed E-state index contributed by atoms with van der Waals surface area (Å²) in [4.78, 5) is 33.1. The molecule has 1 aromatic rings. The number of rotatable bonds is 5. The van der Waals surface area contributed by atoms with E-state index in [-0.39, 0.29) is 18.0 Å². The van der Waals surface area contributed by atoms with Gasteiger partial charge in [0.2, 0.25) is 5.91 Å². The summed E-state index contributed by atoms with van der Waals surface area (Å²) >= 11 is 0. The molecular weight excluding hydrogens is 342 g/mol. The van der Waals surface area contributed by atoms with Crippen LogP contribution in [0.1, 0.15) is 78.3 Å². The first-order valence-electron chi connectivity index (χ1n) is 9.97. The molecule has 150 valence electrons. The molecule has 1 aromatic heterocycles. The number of piperidine rings is 1. The molecule has 1 saturated heterocycles. The van der Waals surface area contributed by atoms with Crippen molar-refractivity contribution in [3.63, 3.8) is 0 Å². The third-order valence-corrected chi connectivity index (χ3v) is 4.69. The Bertz CT molecular complexity index is 654. The second-order valence-corrected chi connectivity index (χ2v) is 8.13. The molecule has 6 heteroatoms. The number of amides is 2. The van der Waals surface area contributed by atoms with Crippen molar-refractivity contribution >= 4 is 17.8 Å². The van der Waals surface area contributed by atoms with E-state index in [1.54, 1.807) is 18.0 Å². The monoisotopic (exact) mass is 375 g/mol. The van der Waals surface area contributed by atoms with Crippen LogP contribution in [-0.2, 0) is 9.53 Å². The SMILES string of the molecule is CCCCN(C(=O)OC(C)(C)C)c1ncccc1[C@H]1CCCCN1C(C)=O. The molecule has 1 atom stereocenters. The molecule has 2 heterocycles. The molecule has 6 nitrogen and oxygen atoms in total. The lowest BCUT2D eigenvalue weighted by atomic mass is 9.95. The zero-order valence-corrected chi connectivity index (χ0v) is 17.3. The predicted molar refractivity (Wildman–Crippen MR) is 107 cm³/mol. The molecule has 27 heavy (non-hydrogen) atoms. The summed E-state index contributed by atoms with van der Waals surface area (Å²) < 4.78 is 5.63. The third kappa shape index (κ3) is 5.68. The average Bonchev–Trinajstić information content (AvgIpc) is 2.61. The lowest BCUT2D eigenvalue weighted by Gasteiger charge is -2.37. The maximum Gasteiger partial charge on any atom is 0.416 e. The van der Waals surface area contributed by atoms with Crippen molar-refractivity contribution in [3.8, 4) is 0 Å². The largest absolute Gasteiger partial charge is 0.443 e. The summed E-state index contributed by atoms with van der Waals surface area (Å²) in [6.45, 7) is 10.6. The quantitative estimate of drug-likeness (QED) is 0.748. The van der Waals surface area contributed by atoms with E-state index in [2.05, 4.69) is 11.9 Å². The van der Waals surface area contributed by atoms with Crippen molar-refractivity contribution in [2.75, 3.05) is 18.0 Å². The van der Waals surface area contributed by atoms with E-state index in [1.165, 1.54) is 0 Å². The van der Waals surface area contributed by atoms with Crippen molar-refractivity contribution in [2.24, 2.45) is 0 Å². The van der Waals surface area contributed by atoms with E-state index in [0.717, 1.165) is 44.2 Å². The smallest absolute Gasteiger partial charge is 0.416 e. The minimum atomic E-state index is -0.577. The number of hydrogen-bond acceptors (Lipinski definition) is 4. The maximum atomic E-state index is 12.9. The summed E-state index contributed by atoms with van der Waals surface area (Å²) in [5.41, 5.74) is 0.349. The lowest BCUT2D eigenvalue weighted by Crippen LogP contribution is -2.41. The van der Waals surface area contributed by atoms with Gasteiger partial charge in [-0.15, -0.1) is 0 Å². The van der Waals surface area contributed by atoms with Gasteiger partial charge in [0.25, 0.3) is 0 Å². The summed E-state index contributed by atoms with van der Waals surface area (Å²) in [7, 11) is 0. The molecule has 2 rings (SSSR count). The molecular formula is C21H33N3O3. The zero-order valence-electron chi connectivity index (χ0n) is 17.3. The highest BCUT2D eigenvalue weighted by Gasteiger charge is 2.32. The highest BCUT2D eigenvalue weighted by molar-refractivity contribution is 5.88. The second-order valence-electron chi connectivity index (χ2n) is 8.13. The van der Waals surface area contributed by atoms with Crippen LogP contribution in [0.15, 0.2) is 18.3 Å². The number of anilines is 1. The molecule has 1 aliphatic heterocycles. The predicted octanol–water partition coefficient (Wildman–Crippen LogP) is 4.70. The van der Waals surface area contributed by atoms with Gasteiger partial charge in [-0.2, -0.15) is 0 Å². The van der Waals surface area contributed by atoms with Crippen LogP contribution in [0.3, 0.4) is 0 Å². The first kappa shape index (κ1) is 21.2. The molecule has 0 radical (unpaired) electrons. The molecule has 0 spiro atoms. The number of pyridine rings is 1. The van der Waals surface area contributed by atoms with E-state index in [1.807, 2.05) is 37.8 Å². The van der Waals surface area contributed by atoms with E-state index in [9.17, 15) is 9.59 Å². The summed E-state index contributed by atoms with van der Waals surface area (Å²) in [6, 6.07) is 3.81. The van der Waals surface area contributed by atoms with E-state index < -0.39 is 5.60 Å². The van der Waals surface area contributed by atoms with Gasteiger partial charge in [-0.25, -0.2) is 9.78 Å². The normalized spacial score (nSPS) is 17.5. The molecule has 2 amide bonds. The van der Waals surface area contributed by atoms with Gasteiger partial charge >= 0.3 is 6.09 Å². The number of unbranched alkanes of at least 4 members (excludes halogenated alkanes) is 1. The van der Waals surface area contributed by atoms with Crippen molar-refractivity contribution in [2.45, 2.75) is 78.4 Å². The van der Waals surface area contributed by atoms with Crippen LogP contribution in [-0.4, -0.2) is 40.6 Å². The van der Waals surface area contributed by atoms with E-state index >= 15 is 0 Å². The number of hydrogen-bond donors (Lipinski definition) is 0. The van der Waals surface area contributed by atoms with E-state index in [4.69, 9.17) is 4.74 Å². The number of aromatic nitrogens is 1. The van der Waals surface area contributed by atoms with Gasteiger partial charge in [0.15, 0.2) is 0 Å². The van der Waals surface area contributed by atoms with Crippen LogP contribution in [0.5, 0.6) is 0 Å². The Hall–Kier alpha value is -2.11. The Labute approximate surface area is 162 Å². The molecule has 0 unspecified atom stereocenters. The molecule has 0 aromatic carbocycles. The second kappa shape index (κ2) is 9.20. The van der Waals surface area contributed by atoms with Crippen LogP contribution in [0, 0.1) is 0 Å². The first-order valence-corrected chi connectivity index (χ1v) is 9.97. The molecule has 0 bridgehead atoms. The number of nitrogens with zero attached hydrogens (tertiary/aromatic N) is 3. The Morgan fingerprint density at radius 3 is 2.70 bits per heavy atom. The summed E-state index contributed by atoms with van der Waals surface area (Å²) in [5, 5.41) is 0. The van der Waals surface area contributed by atoms with Gasteiger partial charge in [0.05, 0.1) is 6.04 Å². The minimum absolute atomic E-state index is 0.0495. The number of likely N-dealkylation sites (tertiary alicyclic amines) is 1. The molecule has 0 aliphatic carbocycles. The van der Waals surface area contributed by atoms with Gasteiger partial charge in [0, 0.05) is 31.8 Å². The Balaban J connectivity index is 2.41. The topological polar surface area (TPSA) is 62.7 Å². The fourth-order valence-corrected chi connectivity index (χ4v) is 3.44. The minimum Gasteiger partial charge on any atom is -0.443 e. The van der Waals surface area contributed by atoms with Gasteiger partial charge in [-0.05, 0) is 52.5 Å². The fraction of sp³-hybridized carbons (Fsp3) is 0.667. The molecule has 0 N–H and O–H groups in total. The highest BCUT2D eigenvalue weighted by atomic mass is 16.6. The van der Waals surface area contributed by atoms with Gasteiger partial charge in [-0.3, -0.25) is 9.69 Å². The number of carbonyl (C=O) groups is 2. The third-order valence-electron chi connectivity index (χ3n) is 4.69. The Morgan fingerprint density at radius 2 is 2.07 bits per heavy atom. The van der Waals surface area contributed by atoms with Gasteiger partial charge < -0.3 is 9.64 Å². The first-order chi connectivity index (χ1) is 12.7. The highest BCUT2D eigenvalue weighted by Crippen LogP contribution is 2.36. The Kier molecular flexibility index (Phi) is 7.22. The number of carbonyl (C=O) groups excluding carboxylic acids is 2. The Morgan fingerprint density at radius 1 is 1.33 bits per heavy atom. The van der Waals surface area contributed by atoms with Crippen LogP contribution < -0.4 is 4.90 Å².